The molecule has 7 nitrogen and oxygen atoms in total. The summed E-state index contributed by atoms with van der Waals surface area (Å²) < 4.78 is 56.6. The Bertz CT molecular complexity index is 1040. The van der Waals surface area contributed by atoms with Crippen LogP contribution in [-0.2, 0) is 11.3 Å². The monoisotopic (exact) mass is 407 g/mol. The molecule has 150 valence electrons. The highest BCUT2D eigenvalue weighted by Gasteiger charge is 2.50. The number of benzene rings is 1. The molecule has 0 saturated carbocycles. The van der Waals surface area contributed by atoms with Crippen LogP contribution >= 0.6 is 0 Å². The number of hydrogen-bond acceptors (Lipinski definition) is 4. The van der Waals surface area contributed by atoms with Gasteiger partial charge in [-0.2, -0.15) is 14.0 Å². The minimum atomic E-state index is -4.31. The molecule has 0 radical (unpaired) electrons. The predicted octanol–water partition coefficient (Wildman–Crippen LogP) is 3.05. The topological polar surface area (TPSA) is 98.1 Å². The van der Waals surface area contributed by atoms with E-state index in [2.05, 4.69) is 10.3 Å². The molecular weight excluding hydrogens is 394 g/mol. The van der Waals surface area contributed by atoms with Gasteiger partial charge < -0.3 is 10.6 Å². The molecule has 0 spiro atoms. The lowest BCUT2D eigenvalue weighted by atomic mass is 10.1. The maximum absolute atomic E-state index is 14.6. The van der Waals surface area contributed by atoms with E-state index in [-0.39, 0.29) is 27.4 Å². The molecule has 1 aliphatic rings. The molecule has 2 aromatic rings. The van der Waals surface area contributed by atoms with Crippen molar-refractivity contribution in [1.82, 2.24) is 15.2 Å². The minimum Gasteiger partial charge on any atom is -0.341 e. The van der Waals surface area contributed by atoms with E-state index in [9.17, 15) is 27.2 Å². The van der Waals surface area contributed by atoms with Crippen LogP contribution in [0, 0.1) is 23.0 Å². The lowest BCUT2D eigenvalue weighted by Crippen LogP contribution is -2.57. The van der Waals surface area contributed by atoms with Crippen LogP contribution < -0.4 is 10.6 Å². The van der Waals surface area contributed by atoms with Crippen molar-refractivity contribution in [3.8, 4) is 6.07 Å². The largest absolute Gasteiger partial charge is 0.408 e. The van der Waals surface area contributed by atoms with Gasteiger partial charge in [-0.05, 0) is 36.8 Å². The maximum Gasteiger partial charge on any atom is 0.408 e. The van der Waals surface area contributed by atoms with Crippen molar-refractivity contribution in [1.29, 1.82) is 5.26 Å². The molecule has 1 aromatic carbocycles. The molecule has 1 aromatic heterocycles. The highest BCUT2D eigenvalue weighted by Crippen LogP contribution is 2.31. The number of pyridine rings is 1. The van der Waals surface area contributed by atoms with Crippen molar-refractivity contribution in [3.05, 3.63) is 58.9 Å². The van der Waals surface area contributed by atoms with Crippen molar-refractivity contribution < 1.29 is 27.2 Å². The quantitative estimate of drug-likeness (QED) is 0.601. The fourth-order valence-electron chi connectivity index (χ4n) is 2.77. The van der Waals surface area contributed by atoms with E-state index in [1.807, 2.05) is 5.32 Å². The Morgan fingerprint density at radius 3 is 2.76 bits per heavy atom. The van der Waals surface area contributed by atoms with Crippen molar-refractivity contribution in [2.45, 2.75) is 25.6 Å². The predicted molar refractivity (Wildman–Crippen MR) is 91.4 cm³/mol. The van der Waals surface area contributed by atoms with Crippen LogP contribution in [0.2, 0.25) is 0 Å². The molecule has 11 heteroatoms. The summed E-state index contributed by atoms with van der Waals surface area (Å²) >= 11 is 0. The van der Waals surface area contributed by atoms with Crippen LogP contribution in [0.4, 0.5) is 28.0 Å². The Hall–Kier alpha value is -3.68. The molecule has 0 saturated heterocycles. The number of hydrogen-bond donors (Lipinski definition) is 2. The number of halogens is 4. The van der Waals surface area contributed by atoms with Gasteiger partial charge in [0.25, 0.3) is 0 Å². The summed E-state index contributed by atoms with van der Waals surface area (Å²) in [5.74, 6) is -3.52. The average molecular weight is 407 g/mol. The van der Waals surface area contributed by atoms with E-state index >= 15 is 0 Å². The van der Waals surface area contributed by atoms with Gasteiger partial charge in [-0.3, -0.25) is 14.7 Å². The number of aromatic nitrogens is 1. The fourth-order valence-corrected chi connectivity index (χ4v) is 2.77. The number of anilines is 1. The Balaban J connectivity index is 1.79. The summed E-state index contributed by atoms with van der Waals surface area (Å²) in [6.45, 7) is 0.504. The lowest BCUT2D eigenvalue weighted by molar-refractivity contribution is -0.171. The molecule has 0 fully saturated rings. The molecule has 1 atom stereocenters. The number of urea groups is 1. The molecule has 0 unspecified atom stereocenters. The van der Waals surface area contributed by atoms with Crippen LogP contribution in [-0.4, -0.2) is 27.9 Å². The number of nitrogens with one attached hydrogen (secondary N) is 2. The van der Waals surface area contributed by atoms with Crippen molar-refractivity contribution in [3.63, 3.8) is 0 Å². The highest BCUT2D eigenvalue weighted by molar-refractivity contribution is 5.96. The Morgan fingerprint density at radius 1 is 1.38 bits per heavy atom. The summed E-state index contributed by atoms with van der Waals surface area (Å²) in [7, 11) is 0. The van der Waals surface area contributed by atoms with Gasteiger partial charge >= 0.3 is 18.0 Å². The van der Waals surface area contributed by atoms with E-state index in [4.69, 9.17) is 5.26 Å². The smallest absolute Gasteiger partial charge is 0.341 e. The lowest BCUT2D eigenvalue weighted by Gasteiger charge is -2.34. The van der Waals surface area contributed by atoms with Crippen molar-refractivity contribution >= 4 is 17.6 Å². The maximum atomic E-state index is 14.6. The summed E-state index contributed by atoms with van der Waals surface area (Å²) in [5.41, 5.74) is -0.222. The zero-order chi connectivity index (χ0) is 21.3. The third-order valence-electron chi connectivity index (χ3n) is 4.25. The highest BCUT2D eigenvalue weighted by atomic mass is 19.3. The first-order valence-electron chi connectivity index (χ1n) is 8.25. The van der Waals surface area contributed by atoms with Gasteiger partial charge in [0, 0.05) is 11.9 Å². The van der Waals surface area contributed by atoms with E-state index in [0.29, 0.717) is 0 Å². The zero-order valence-corrected chi connectivity index (χ0v) is 14.8. The van der Waals surface area contributed by atoms with E-state index in [1.165, 1.54) is 13.0 Å². The second-order valence-electron chi connectivity index (χ2n) is 6.26. The number of nitrogens with zero attached hydrogens (tertiary/aromatic N) is 3. The van der Waals surface area contributed by atoms with Gasteiger partial charge in [-0.1, -0.05) is 0 Å². The molecule has 3 amide bonds. The first kappa shape index (κ1) is 20.1. The van der Waals surface area contributed by atoms with E-state index < -0.39 is 42.2 Å². The third kappa shape index (κ3) is 3.82. The van der Waals surface area contributed by atoms with Crippen LogP contribution in [0.1, 0.15) is 29.8 Å². The fraction of sp³-hybridized carbons (Fsp3) is 0.222. The Labute approximate surface area is 161 Å². The van der Waals surface area contributed by atoms with E-state index in [1.54, 1.807) is 6.07 Å². The first-order chi connectivity index (χ1) is 13.6. The van der Waals surface area contributed by atoms with Gasteiger partial charge in [0.05, 0.1) is 23.8 Å². The second-order valence-corrected chi connectivity index (χ2v) is 6.26. The minimum absolute atomic E-state index is 0.0562. The van der Waals surface area contributed by atoms with Gasteiger partial charge in [0.15, 0.2) is 0 Å². The molecule has 29 heavy (non-hydrogen) atoms. The summed E-state index contributed by atoms with van der Waals surface area (Å²) in [6.07, 6.45) is 1.03. The number of fused-ring (bicyclic) bond motifs is 1. The number of rotatable bonds is 4. The number of nitriles is 1. The molecule has 2 heterocycles. The van der Waals surface area contributed by atoms with Gasteiger partial charge in [0.1, 0.15) is 17.7 Å². The van der Waals surface area contributed by atoms with Crippen LogP contribution in [0.15, 0.2) is 30.5 Å². The summed E-state index contributed by atoms with van der Waals surface area (Å²) in [5, 5.41) is 12.8. The van der Waals surface area contributed by atoms with Crippen molar-refractivity contribution in [2.75, 3.05) is 5.32 Å². The zero-order valence-electron chi connectivity index (χ0n) is 14.8. The van der Waals surface area contributed by atoms with E-state index in [0.717, 1.165) is 24.4 Å². The van der Waals surface area contributed by atoms with Crippen LogP contribution in [0.25, 0.3) is 0 Å². The van der Waals surface area contributed by atoms with Crippen LogP contribution in [0.3, 0.4) is 0 Å². The summed E-state index contributed by atoms with van der Waals surface area (Å²) in [6, 6.07) is -1.07. The van der Waals surface area contributed by atoms with Gasteiger partial charge in [-0.25, -0.2) is 13.6 Å². The number of carbonyl (C=O) groups excluding carboxylic acids is 2. The van der Waals surface area contributed by atoms with Crippen molar-refractivity contribution in [2.24, 2.45) is 0 Å². The number of amides is 3. The second kappa shape index (κ2) is 7.38. The Morgan fingerprint density at radius 2 is 2.10 bits per heavy atom. The Kier molecular flexibility index (Phi) is 5.11. The molecular formula is C18H13F4N5O2. The number of alkyl halides is 2. The van der Waals surface area contributed by atoms with Gasteiger partial charge in [-0.15, -0.1) is 0 Å². The normalized spacial score (nSPS) is 14.5. The first-order valence-corrected chi connectivity index (χ1v) is 8.25. The van der Waals surface area contributed by atoms with Crippen LogP contribution in [0.5, 0.6) is 0 Å². The third-order valence-corrected chi connectivity index (χ3v) is 4.25. The summed E-state index contributed by atoms with van der Waals surface area (Å²) in [4.78, 5) is 27.8. The number of carbonyl (C=O) groups is 2. The standard InChI is InChI=1S/C18H13F4N5O2/c1-9(15-13(20)4-10(6-23)7-24-15)25-16(28)18(21,22)27-8-11-5-12(19)2-3-14(11)26-17(27)29/h2-5,7,9H,8H2,1H3,(H,25,28)(H,26,29)/t9-/m1/s1. The molecule has 3 rings (SSSR count). The average Bonchev–Trinajstić information content (AvgIpc) is 2.67. The molecule has 0 aliphatic carbocycles. The molecule has 0 bridgehead atoms. The molecule has 1 aliphatic heterocycles. The molecule has 2 N–H and O–H groups in total. The van der Waals surface area contributed by atoms with Gasteiger partial charge in [0.2, 0.25) is 0 Å². The SMILES string of the molecule is C[C@@H](NC(=O)C(F)(F)N1Cc2cc(F)ccc2NC1=O)c1ncc(C#N)cc1F.